The van der Waals surface area contributed by atoms with E-state index in [2.05, 4.69) is 4.72 Å². The molecule has 0 radical (unpaired) electrons. The highest BCUT2D eigenvalue weighted by molar-refractivity contribution is 7.89. The first-order valence-electron chi connectivity index (χ1n) is 5.81. The van der Waals surface area contributed by atoms with Crippen molar-refractivity contribution in [1.29, 1.82) is 5.26 Å². The summed E-state index contributed by atoms with van der Waals surface area (Å²) in [7, 11) is -3.71. The number of sulfonamides is 1. The Hall–Kier alpha value is -1.46. The third kappa shape index (κ3) is 3.52. The van der Waals surface area contributed by atoms with Gasteiger partial charge in [-0.1, -0.05) is 12.1 Å². The Morgan fingerprint density at radius 1 is 1.37 bits per heavy atom. The topological polar surface area (TPSA) is 88.4 Å². The first-order chi connectivity index (χ1) is 9.13. The number of nitrogens with one attached hydrogen (secondary N) is 1. The molecule has 1 aliphatic rings. The Balaban J connectivity index is 2.07. The van der Waals surface area contributed by atoms with Crippen molar-refractivity contribution in [1.82, 2.24) is 4.72 Å². The lowest BCUT2D eigenvalue weighted by molar-refractivity contribution is -0.0846. The molecule has 1 saturated heterocycles. The molecule has 0 aliphatic carbocycles. The van der Waals surface area contributed by atoms with Crippen molar-refractivity contribution in [3.63, 3.8) is 0 Å². The lowest BCUT2D eigenvalue weighted by Gasteiger charge is -2.23. The van der Waals surface area contributed by atoms with E-state index in [1.807, 2.05) is 6.07 Å². The quantitative estimate of drug-likeness (QED) is 0.855. The molecule has 0 bridgehead atoms. The number of nitrogens with zero attached hydrogens (tertiary/aromatic N) is 1. The lowest BCUT2D eigenvalue weighted by atomic mass is 10.2. The molecule has 1 aliphatic heterocycles. The summed E-state index contributed by atoms with van der Waals surface area (Å²) in [4.78, 5) is -0.0192. The third-order valence-electron chi connectivity index (χ3n) is 2.68. The summed E-state index contributed by atoms with van der Waals surface area (Å²) >= 11 is 0. The molecule has 1 heterocycles. The number of hydrogen-bond donors (Lipinski definition) is 1. The predicted molar refractivity (Wildman–Crippen MR) is 66.9 cm³/mol. The van der Waals surface area contributed by atoms with Crippen LogP contribution in [-0.2, 0) is 19.5 Å². The number of nitriles is 1. The van der Waals surface area contributed by atoms with Crippen LogP contribution in [0.25, 0.3) is 0 Å². The predicted octanol–water partition coefficient (Wildman–Crippen LogP) is 0.252. The second-order valence-corrected chi connectivity index (χ2v) is 5.76. The van der Waals surface area contributed by atoms with Gasteiger partial charge in [-0.2, -0.15) is 5.26 Å². The summed E-state index contributed by atoms with van der Waals surface area (Å²) in [6.07, 6.45) is -0.294. The van der Waals surface area contributed by atoms with Crippen LogP contribution in [0.15, 0.2) is 29.2 Å². The standard InChI is InChI=1S/C12H14N2O4S/c13-7-10-3-1-2-4-12(10)19(15,16)14-8-11-9-17-5-6-18-11/h1-4,11,14H,5-6,8-9H2. The highest BCUT2D eigenvalue weighted by Crippen LogP contribution is 2.14. The van der Waals surface area contributed by atoms with Gasteiger partial charge in [-0.25, -0.2) is 13.1 Å². The molecule has 0 saturated carbocycles. The normalized spacial score (nSPS) is 19.8. The van der Waals surface area contributed by atoms with E-state index in [0.717, 1.165) is 0 Å². The maximum absolute atomic E-state index is 12.1. The Labute approximate surface area is 112 Å². The maximum atomic E-state index is 12.1. The smallest absolute Gasteiger partial charge is 0.241 e. The monoisotopic (exact) mass is 282 g/mol. The molecule has 2 rings (SSSR count). The second-order valence-electron chi connectivity index (χ2n) is 4.03. The fraction of sp³-hybridized carbons (Fsp3) is 0.417. The van der Waals surface area contributed by atoms with Gasteiger partial charge in [0.2, 0.25) is 10.0 Å². The molecule has 0 spiro atoms. The zero-order valence-electron chi connectivity index (χ0n) is 10.2. The van der Waals surface area contributed by atoms with Crippen LogP contribution in [0.5, 0.6) is 0 Å². The van der Waals surface area contributed by atoms with Crippen LogP contribution in [0.1, 0.15) is 5.56 Å². The van der Waals surface area contributed by atoms with Crippen molar-refractivity contribution in [3.8, 4) is 6.07 Å². The lowest BCUT2D eigenvalue weighted by Crippen LogP contribution is -2.39. The van der Waals surface area contributed by atoms with Crippen LogP contribution in [-0.4, -0.2) is 40.9 Å². The molecule has 1 aromatic rings. The second kappa shape index (κ2) is 6.12. The summed E-state index contributed by atoms with van der Waals surface area (Å²) in [5.41, 5.74) is 0.121. The molecule has 1 aromatic carbocycles. The zero-order valence-corrected chi connectivity index (χ0v) is 11.0. The van der Waals surface area contributed by atoms with Crippen LogP contribution in [0, 0.1) is 11.3 Å². The van der Waals surface area contributed by atoms with Gasteiger partial charge in [0, 0.05) is 6.54 Å². The van der Waals surface area contributed by atoms with E-state index < -0.39 is 10.0 Å². The summed E-state index contributed by atoms with van der Waals surface area (Å²) < 4.78 is 37.2. The van der Waals surface area contributed by atoms with E-state index in [9.17, 15) is 8.42 Å². The van der Waals surface area contributed by atoms with Crippen LogP contribution < -0.4 is 4.72 Å². The average Bonchev–Trinajstić information content (AvgIpc) is 2.46. The van der Waals surface area contributed by atoms with Crippen LogP contribution >= 0.6 is 0 Å². The molecular formula is C12H14N2O4S. The zero-order chi connectivity index (χ0) is 13.7. The molecule has 19 heavy (non-hydrogen) atoms. The first kappa shape index (κ1) is 14.0. The molecule has 0 amide bonds. The van der Waals surface area contributed by atoms with E-state index in [1.54, 1.807) is 12.1 Å². The summed E-state index contributed by atoms with van der Waals surface area (Å²) in [6, 6.07) is 7.93. The molecular weight excluding hydrogens is 268 g/mol. The maximum Gasteiger partial charge on any atom is 0.241 e. The minimum absolute atomic E-state index is 0.0192. The Morgan fingerprint density at radius 3 is 2.84 bits per heavy atom. The van der Waals surface area contributed by atoms with Gasteiger partial charge >= 0.3 is 0 Å². The largest absolute Gasteiger partial charge is 0.376 e. The fourth-order valence-electron chi connectivity index (χ4n) is 1.73. The van der Waals surface area contributed by atoms with E-state index in [1.165, 1.54) is 12.1 Å². The first-order valence-corrected chi connectivity index (χ1v) is 7.30. The van der Waals surface area contributed by atoms with Gasteiger partial charge in [-0.05, 0) is 12.1 Å². The number of ether oxygens (including phenoxy) is 2. The van der Waals surface area contributed by atoms with Crippen molar-refractivity contribution in [2.75, 3.05) is 26.4 Å². The molecule has 0 aromatic heterocycles. The van der Waals surface area contributed by atoms with Gasteiger partial charge in [0.05, 0.1) is 36.4 Å². The van der Waals surface area contributed by atoms with E-state index >= 15 is 0 Å². The van der Waals surface area contributed by atoms with Gasteiger partial charge in [0.25, 0.3) is 0 Å². The third-order valence-corrected chi connectivity index (χ3v) is 4.16. The molecule has 102 valence electrons. The summed E-state index contributed by atoms with van der Waals surface area (Å²) in [5, 5.41) is 8.91. The molecule has 7 heteroatoms. The molecule has 1 fully saturated rings. The molecule has 1 atom stereocenters. The van der Waals surface area contributed by atoms with Gasteiger partial charge < -0.3 is 9.47 Å². The number of rotatable bonds is 4. The van der Waals surface area contributed by atoms with Gasteiger partial charge in [0.1, 0.15) is 6.07 Å². The average molecular weight is 282 g/mol. The van der Waals surface area contributed by atoms with Crippen LogP contribution in [0.4, 0.5) is 0 Å². The van der Waals surface area contributed by atoms with E-state index in [0.29, 0.717) is 19.8 Å². The minimum atomic E-state index is -3.71. The van der Waals surface area contributed by atoms with Crippen molar-refractivity contribution in [2.45, 2.75) is 11.0 Å². The van der Waals surface area contributed by atoms with Crippen molar-refractivity contribution in [2.24, 2.45) is 0 Å². The summed E-state index contributed by atoms with van der Waals surface area (Å²) in [5.74, 6) is 0. The number of hydrogen-bond acceptors (Lipinski definition) is 5. The highest BCUT2D eigenvalue weighted by Gasteiger charge is 2.21. The Morgan fingerprint density at radius 2 is 2.16 bits per heavy atom. The Kier molecular flexibility index (Phi) is 4.50. The van der Waals surface area contributed by atoms with Gasteiger partial charge in [0.15, 0.2) is 0 Å². The number of benzene rings is 1. The van der Waals surface area contributed by atoms with Gasteiger partial charge in [-0.3, -0.25) is 0 Å². The highest BCUT2D eigenvalue weighted by atomic mass is 32.2. The van der Waals surface area contributed by atoms with Crippen molar-refractivity contribution >= 4 is 10.0 Å². The molecule has 1 N–H and O–H groups in total. The van der Waals surface area contributed by atoms with E-state index in [4.69, 9.17) is 14.7 Å². The van der Waals surface area contributed by atoms with E-state index in [-0.39, 0.29) is 23.1 Å². The summed E-state index contributed by atoms with van der Waals surface area (Å²) in [6.45, 7) is 1.48. The fourth-order valence-corrected chi connectivity index (χ4v) is 2.95. The van der Waals surface area contributed by atoms with Gasteiger partial charge in [-0.15, -0.1) is 0 Å². The van der Waals surface area contributed by atoms with Crippen LogP contribution in [0.3, 0.4) is 0 Å². The Bertz CT molecular complexity index is 574. The molecule has 1 unspecified atom stereocenters. The van der Waals surface area contributed by atoms with Crippen molar-refractivity contribution < 1.29 is 17.9 Å². The van der Waals surface area contributed by atoms with Crippen molar-refractivity contribution in [3.05, 3.63) is 29.8 Å². The SMILES string of the molecule is N#Cc1ccccc1S(=O)(=O)NCC1COCCO1. The minimum Gasteiger partial charge on any atom is -0.376 e. The van der Waals surface area contributed by atoms with Crippen LogP contribution in [0.2, 0.25) is 0 Å². The molecule has 6 nitrogen and oxygen atoms in total.